The van der Waals surface area contributed by atoms with Gasteiger partial charge in [-0.3, -0.25) is 0 Å². The molecule has 0 saturated carbocycles. The zero-order chi connectivity index (χ0) is 44.5. The lowest BCUT2D eigenvalue weighted by Gasteiger charge is -2.13. The van der Waals surface area contributed by atoms with E-state index in [9.17, 15) is 2.74 Å². The minimum absolute atomic E-state index is 0.100. The molecule has 0 unspecified atom stereocenters. The first kappa shape index (κ1) is 31.5. The fourth-order valence-electron chi connectivity index (χ4n) is 8.65. The molecule has 5 nitrogen and oxygen atoms in total. The fourth-order valence-corrected chi connectivity index (χ4v) is 8.65. The van der Waals surface area contributed by atoms with Crippen LogP contribution in [-0.2, 0) is 0 Å². The number of hydrogen-bond acceptors (Lipinski definition) is 4. The molecule has 0 aliphatic heterocycles. The predicted molar refractivity (Wildman–Crippen MR) is 254 cm³/mol. The van der Waals surface area contributed by atoms with Crippen molar-refractivity contribution < 1.29 is 9.90 Å². The molecule has 0 aliphatic carbocycles. The molecular weight excluding hydrogens is 757 g/mol. The smallest absolute Gasteiger partial charge is 0.164 e. The summed E-state index contributed by atoms with van der Waals surface area (Å²) in [5.74, 6) is 1.43. The van der Waals surface area contributed by atoms with Gasteiger partial charge in [0.2, 0.25) is 0 Å². The van der Waals surface area contributed by atoms with Crippen LogP contribution in [0.2, 0.25) is 0 Å². The molecule has 12 rings (SSSR count). The summed E-state index contributed by atoms with van der Waals surface area (Å²) in [5.41, 5.74) is 11.6. The summed E-state index contributed by atoms with van der Waals surface area (Å²) in [7, 11) is 0. The van der Waals surface area contributed by atoms with Crippen molar-refractivity contribution in [3.8, 4) is 73.2 Å². The summed E-state index contributed by atoms with van der Waals surface area (Å²) in [4.78, 5) is 15.1. The summed E-state index contributed by atoms with van der Waals surface area (Å²) in [6.45, 7) is 0. The summed E-state index contributed by atoms with van der Waals surface area (Å²) in [6, 6.07) is 63.9. The highest BCUT2D eigenvalue weighted by molar-refractivity contribution is 6.16. The Balaban J connectivity index is 1.07. The lowest BCUT2D eigenvalue weighted by atomic mass is 9.91. The molecule has 9 aromatic carbocycles. The Kier molecular flexibility index (Phi) is 7.47. The van der Waals surface area contributed by atoms with Crippen molar-refractivity contribution >= 4 is 43.7 Å². The van der Waals surface area contributed by atoms with Crippen molar-refractivity contribution in [2.75, 3.05) is 0 Å². The number of rotatable bonds is 7. The zero-order valence-electron chi connectivity index (χ0n) is 37.2. The topological polar surface area (TPSA) is 56.7 Å². The van der Waals surface area contributed by atoms with E-state index in [1.807, 2.05) is 150 Å². The van der Waals surface area contributed by atoms with Crippen molar-refractivity contribution in [1.29, 1.82) is 0 Å². The van der Waals surface area contributed by atoms with E-state index in [0.29, 0.717) is 39.6 Å². The van der Waals surface area contributed by atoms with Crippen LogP contribution in [0.3, 0.4) is 0 Å². The molecule has 0 atom stereocenters. The predicted octanol–water partition coefficient (Wildman–Crippen LogP) is 14.9. The number of benzene rings is 9. The van der Waals surface area contributed by atoms with Crippen LogP contribution in [0.15, 0.2) is 223 Å². The second kappa shape index (κ2) is 14.7. The molecule has 3 aromatic heterocycles. The van der Waals surface area contributed by atoms with Crippen LogP contribution in [0.5, 0.6) is 0 Å². The Morgan fingerprint density at radius 3 is 1.66 bits per heavy atom. The molecule has 290 valence electrons. The quantitative estimate of drug-likeness (QED) is 0.161. The second-order valence-electron chi connectivity index (χ2n) is 15.3. The average Bonchev–Trinajstić information content (AvgIpc) is 3.94. The van der Waals surface area contributed by atoms with E-state index in [2.05, 4.69) is 48.5 Å². The van der Waals surface area contributed by atoms with Gasteiger partial charge in [-0.2, -0.15) is 0 Å². The van der Waals surface area contributed by atoms with Crippen LogP contribution in [-0.4, -0.2) is 19.5 Å². The van der Waals surface area contributed by atoms with E-state index in [0.717, 1.165) is 77.3 Å². The third-order valence-corrected chi connectivity index (χ3v) is 11.5. The third kappa shape index (κ3) is 6.14. The first-order valence-electron chi connectivity index (χ1n) is 22.5. The second-order valence-corrected chi connectivity index (χ2v) is 15.3. The fraction of sp³-hybridized carbons (Fsp3) is 0. The van der Waals surface area contributed by atoms with Gasteiger partial charge in [0.25, 0.3) is 0 Å². The van der Waals surface area contributed by atoms with Gasteiger partial charge in [0.15, 0.2) is 17.5 Å². The van der Waals surface area contributed by atoms with Crippen LogP contribution < -0.4 is 0 Å². The largest absolute Gasteiger partial charge is 0.456 e. The van der Waals surface area contributed by atoms with Gasteiger partial charge < -0.3 is 8.98 Å². The minimum Gasteiger partial charge on any atom is -0.456 e. The Morgan fingerprint density at radius 2 is 0.935 bits per heavy atom. The SMILES string of the molecule is [2H]c1c([2H])c([2H])c2c(c1[2H])c1c(-c3cc(-c4ccccc4)cc(-c4ccccc4)c3)cccc1n2-c1cccc(-c2nc(-c3ccccc3)nc(-c3ccc4c(c3)oc3ccccc34)n2)c1. The van der Waals surface area contributed by atoms with Crippen molar-refractivity contribution in [2.24, 2.45) is 0 Å². The molecule has 5 heteroatoms. The van der Waals surface area contributed by atoms with Crippen LogP contribution in [0, 0.1) is 0 Å². The first-order chi connectivity index (χ1) is 32.4. The van der Waals surface area contributed by atoms with Gasteiger partial charge in [-0.05, 0) is 94.0 Å². The van der Waals surface area contributed by atoms with E-state index in [1.54, 1.807) is 0 Å². The molecule has 0 aliphatic rings. The Labute approximate surface area is 363 Å². The van der Waals surface area contributed by atoms with Gasteiger partial charge in [0, 0.05) is 43.9 Å². The summed E-state index contributed by atoms with van der Waals surface area (Å²) >= 11 is 0. The van der Waals surface area contributed by atoms with Gasteiger partial charge in [-0.25, -0.2) is 15.0 Å². The van der Waals surface area contributed by atoms with E-state index >= 15 is 0 Å². The molecule has 0 N–H and O–H groups in total. The molecule has 0 radical (unpaired) electrons. The van der Waals surface area contributed by atoms with Crippen molar-refractivity contribution in [3.05, 3.63) is 218 Å². The van der Waals surface area contributed by atoms with Crippen LogP contribution in [0.25, 0.3) is 117 Å². The number of furan rings is 1. The monoisotopic (exact) mass is 796 g/mol. The van der Waals surface area contributed by atoms with Crippen LogP contribution >= 0.6 is 0 Å². The highest BCUT2D eigenvalue weighted by Crippen LogP contribution is 2.42. The molecule has 62 heavy (non-hydrogen) atoms. The normalized spacial score (nSPS) is 12.5. The zero-order valence-corrected chi connectivity index (χ0v) is 33.2. The Morgan fingerprint density at radius 1 is 0.371 bits per heavy atom. The molecule has 0 amide bonds. The van der Waals surface area contributed by atoms with Crippen molar-refractivity contribution in [3.63, 3.8) is 0 Å². The molecule has 0 saturated heterocycles. The lowest BCUT2D eigenvalue weighted by molar-refractivity contribution is 0.669. The molecule has 0 bridgehead atoms. The van der Waals surface area contributed by atoms with E-state index in [1.165, 1.54) is 0 Å². The van der Waals surface area contributed by atoms with Gasteiger partial charge in [-0.15, -0.1) is 0 Å². The number of hydrogen-bond donors (Lipinski definition) is 0. The highest BCUT2D eigenvalue weighted by atomic mass is 16.3. The van der Waals surface area contributed by atoms with Gasteiger partial charge in [-0.1, -0.05) is 158 Å². The van der Waals surface area contributed by atoms with Crippen molar-refractivity contribution in [1.82, 2.24) is 19.5 Å². The van der Waals surface area contributed by atoms with Crippen molar-refractivity contribution in [2.45, 2.75) is 0 Å². The lowest BCUT2D eigenvalue weighted by Crippen LogP contribution is -2.01. The first-order valence-corrected chi connectivity index (χ1v) is 20.5. The maximum absolute atomic E-state index is 9.43. The minimum atomic E-state index is -0.303. The average molecular weight is 797 g/mol. The molecule has 0 spiro atoms. The number of nitrogens with zero attached hydrogens (tertiary/aromatic N) is 4. The van der Waals surface area contributed by atoms with E-state index in [-0.39, 0.29) is 24.2 Å². The number of fused-ring (bicyclic) bond motifs is 6. The molecule has 12 aromatic rings. The summed E-state index contributed by atoms with van der Waals surface area (Å²) in [5, 5.41) is 3.21. The van der Waals surface area contributed by atoms with Crippen LogP contribution in [0.4, 0.5) is 0 Å². The van der Waals surface area contributed by atoms with Gasteiger partial charge in [0.05, 0.1) is 16.5 Å². The molecule has 0 fully saturated rings. The maximum Gasteiger partial charge on any atom is 0.164 e. The number of para-hydroxylation sites is 2. The third-order valence-electron chi connectivity index (χ3n) is 11.5. The summed E-state index contributed by atoms with van der Waals surface area (Å²) < 4.78 is 44.8. The van der Waals surface area contributed by atoms with Gasteiger partial charge in [0.1, 0.15) is 11.2 Å². The Hall–Kier alpha value is -8.41. The standard InChI is InChI=1S/C57H36N4O/c1-4-16-37(17-5-1)42-32-43(38-18-6-2-7-19-38)34-44(33-42)46-26-15-28-51-54(46)49-25-10-12-27-50(49)61(51)45-23-14-22-40(35-45)56-58-55(39-20-8-3-9-21-39)59-57(60-56)41-30-31-48-47-24-11-13-29-52(47)62-53(48)36-41/h1-36H/i10D,12D,25D,27D. The molecular formula is C57H36N4O. The van der Waals surface area contributed by atoms with E-state index < -0.39 is 0 Å². The summed E-state index contributed by atoms with van der Waals surface area (Å²) in [6.07, 6.45) is 0. The highest BCUT2D eigenvalue weighted by Gasteiger charge is 2.19. The Bertz CT molecular complexity index is 3810. The molecule has 3 heterocycles. The van der Waals surface area contributed by atoms with Crippen LogP contribution in [0.1, 0.15) is 5.48 Å². The maximum atomic E-state index is 9.43. The number of aromatic nitrogens is 4. The van der Waals surface area contributed by atoms with E-state index in [4.69, 9.17) is 22.1 Å². The van der Waals surface area contributed by atoms with Gasteiger partial charge >= 0.3 is 0 Å².